The summed E-state index contributed by atoms with van der Waals surface area (Å²) in [5.41, 5.74) is 0. The van der Waals surface area contributed by atoms with Crippen molar-refractivity contribution in [1.29, 1.82) is 0 Å². The van der Waals surface area contributed by atoms with Crippen LogP contribution < -0.4 is 0 Å². The number of carbonyl (C=O) groups excluding carboxylic acids is 2. The Bertz CT molecular complexity index is 636. The van der Waals surface area contributed by atoms with Crippen LogP contribution in [-0.2, 0) is 19.4 Å². The fourth-order valence-corrected chi connectivity index (χ4v) is 2.40. The van der Waals surface area contributed by atoms with Crippen LogP contribution in [0.15, 0.2) is 0 Å². The van der Waals surface area contributed by atoms with Crippen molar-refractivity contribution in [2.75, 3.05) is 0 Å². The summed E-state index contributed by atoms with van der Waals surface area (Å²) in [5, 5.41) is 0. The maximum absolute atomic E-state index is 13.6. The van der Waals surface area contributed by atoms with Gasteiger partial charge in [0.15, 0.2) is 0 Å². The second kappa shape index (κ2) is 11.2. The molecule has 0 aromatic heterocycles. The van der Waals surface area contributed by atoms with Crippen LogP contribution in [-0.4, -0.2) is 47.5 Å². The van der Waals surface area contributed by atoms with Gasteiger partial charge in [0.05, 0.1) is 0 Å². The van der Waals surface area contributed by atoms with Gasteiger partial charge in [-0.15, -0.1) is 0 Å². The van der Waals surface area contributed by atoms with E-state index in [-0.39, 0.29) is 25.7 Å². The summed E-state index contributed by atoms with van der Waals surface area (Å²) in [4.78, 5) is 27.5. The lowest BCUT2D eigenvalue weighted by Gasteiger charge is -2.32. The van der Waals surface area contributed by atoms with Crippen LogP contribution in [0.3, 0.4) is 0 Å². The van der Waals surface area contributed by atoms with Crippen LogP contribution in [0, 0.1) is 0 Å². The maximum atomic E-state index is 13.6. The van der Waals surface area contributed by atoms with Gasteiger partial charge in [0.1, 0.15) is 0 Å². The number of carbonyl (C=O) groups is 2. The van der Waals surface area contributed by atoms with Crippen LogP contribution in [0.2, 0.25) is 0 Å². The van der Waals surface area contributed by atoms with Gasteiger partial charge in [-0.05, 0) is 12.8 Å². The third kappa shape index (κ3) is 6.40. The van der Waals surface area contributed by atoms with E-state index in [1.807, 2.05) is 0 Å². The molecule has 0 N–H and O–H groups in total. The molecular weight excluding hydrogens is 508 g/mol. The summed E-state index contributed by atoms with van der Waals surface area (Å²) in [5.74, 6) is -44.7. The summed E-state index contributed by atoms with van der Waals surface area (Å²) in [7, 11) is 0. The van der Waals surface area contributed by atoms with Crippen molar-refractivity contribution in [2.24, 2.45) is 0 Å². The van der Waals surface area contributed by atoms with Gasteiger partial charge in [-0.1, -0.05) is 39.5 Å². The molecule has 0 aliphatic heterocycles. The summed E-state index contributed by atoms with van der Waals surface area (Å²) < 4.78 is 163. The minimum atomic E-state index is -6.50. The highest BCUT2D eigenvalue weighted by Gasteiger charge is 2.77. The number of hydrogen-bond donors (Lipinski definition) is 0. The predicted octanol–water partition coefficient (Wildman–Crippen LogP) is 6.96. The molecule has 0 fully saturated rings. The van der Waals surface area contributed by atoms with Crippen molar-refractivity contribution >= 4 is 11.9 Å². The Morgan fingerprint density at radius 2 is 0.794 bits per heavy atom. The van der Waals surface area contributed by atoms with Gasteiger partial charge in [-0.25, -0.2) is 19.4 Å². The molecule has 0 atom stereocenters. The van der Waals surface area contributed by atoms with Crippen molar-refractivity contribution in [3.05, 3.63) is 0 Å². The van der Waals surface area contributed by atoms with E-state index in [0.29, 0.717) is 0 Å². The Hall–Kier alpha value is -1.90. The SMILES string of the molecule is CCCCCC(F)(F)C(F)(F)C(F)(F)C(=O)OOC(=O)C(F)(F)C(F)(F)C(F)(F)CCCCC. The molecule has 0 saturated heterocycles. The number of alkyl halides is 12. The van der Waals surface area contributed by atoms with Gasteiger partial charge in [0, 0.05) is 12.8 Å². The Kier molecular flexibility index (Phi) is 10.6. The van der Waals surface area contributed by atoms with Gasteiger partial charge >= 0.3 is 47.5 Å². The van der Waals surface area contributed by atoms with Crippen LogP contribution in [0.5, 0.6) is 0 Å². The minimum absolute atomic E-state index is 0.0916. The Labute approximate surface area is 185 Å². The monoisotopic (exact) mass is 530 g/mol. The molecule has 34 heavy (non-hydrogen) atoms. The largest absolute Gasteiger partial charge is 0.431 e. The molecule has 0 aliphatic rings. The van der Waals surface area contributed by atoms with E-state index < -0.39 is 73.2 Å². The highest BCUT2D eigenvalue weighted by atomic mass is 19.4. The van der Waals surface area contributed by atoms with Crippen molar-refractivity contribution in [1.82, 2.24) is 0 Å². The molecule has 0 amide bonds. The number of hydrogen-bond acceptors (Lipinski definition) is 4. The Balaban J connectivity index is 5.49. The molecule has 0 aliphatic carbocycles. The molecule has 0 bridgehead atoms. The molecule has 202 valence electrons. The topological polar surface area (TPSA) is 52.6 Å². The second-order valence-electron chi connectivity index (χ2n) is 7.36. The lowest BCUT2D eigenvalue weighted by atomic mass is 9.99. The fraction of sp³-hybridized carbons (Fsp3) is 0.889. The lowest BCUT2D eigenvalue weighted by molar-refractivity contribution is -0.346. The van der Waals surface area contributed by atoms with E-state index in [2.05, 4.69) is 9.78 Å². The zero-order valence-electron chi connectivity index (χ0n) is 17.8. The van der Waals surface area contributed by atoms with Crippen LogP contribution in [0.25, 0.3) is 0 Å². The third-order valence-electron chi connectivity index (χ3n) is 4.60. The molecule has 0 aromatic rings. The van der Waals surface area contributed by atoms with Crippen molar-refractivity contribution in [3.63, 3.8) is 0 Å². The van der Waals surface area contributed by atoms with Gasteiger partial charge in [-0.3, -0.25) is 0 Å². The lowest BCUT2D eigenvalue weighted by Crippen LogP contribution is -2.60. The molecule has 0 spiro atoms. The van der Waals surface area contributed by atoms with E-state index in [9.17, 15) is 62.3 Å². The molecule has 0 saturated carbocycles. The average Bonchev–Trinajstić information content (AvgIpc) is 2.71. The minimum Gasteiger partial charge on any atom is -0.240 e. The maximum Gasteiger partial charge on any atom is 0.431 e. The normalized spacial score (nSPS) is 14.2. The zero-order valence-corrected chi connectivity index (χ0v) is 17.8. The molecular formula is C18H22F12O4. The van der Waals surface area contributed by atoms with Crippen LogP contribution in [0.4, 0.5) is 52.7 Å². The molecule has 0 aromatic carbocycles. The highest BCUT2D eigenvalue weighted by molar-refractivity contribution is 5.82. The summed E-state index contributed by atoms with van der Waals surface area (Å²) in [6.45, 7) is 2.91. The Morgan fingerprint density at radius 1 is 0.529 bits per heavy atom. The van der Waals surface area contributed by atoms with Crippen molar-refractivity contribution in [2.45, 2.75) is 101 Å². The van der Waals surface area contributed by atoms with E-state index in [0.717, 1.165) is 0 Å². The molecule has 0 unspecified atom stereocenters. The summed E-state index contributed by atoms with van der Waals surface area (Å²) in [6, 6.07) is 0. The van der Waals surface area contributed by atoms with Gasteiger partial charge in [0.25, 0.3) is 0 Å². The van der Waals surface area contributed by atoms with Crippen LogP contribution >= 0.6 is 0 Å². The number of unbranched alkanes of at least 4 members (excludes halogenated alkanes) is 4. The predicted molar refractivity (Wildman–Crippen MR) is 90.2 cm³/mol. The van der Waals surface area contributed by atoms with Crippen LogP contribution in [0.1, 0.15) is 65.2 Å². The number of rotatable bonds is 14. The first-order chi connectivity index (χ1) is 15.2. The first-order valence-corrected chi connectivity index (χ1v) is 9.87. The molecule has 0 rings (SSSR count). The van der Waals surface area contributed by atoms with E-state index in [1.165, 1.54) is 13.8 Å². The third-order valence-corrected chi connectivity index (χ3v) is 4.60. The zero-order chi connectivity index (χ0) is 27.2. The molecule has 16 heteroatoms. The summed E-state index contributed by atoms with van der Waals surface area (Å²) >= 11 is 0. The van der Waals surface area contributed by atoms with Gasteiger partial charge in [0.2, 0.25) is 0 Å². The van der Waals surface area contributed by atoms with E-state index in [4.69, 9.17) is 0 Å². The Morgan fingerprint density at radius 3 is 1.03 bits per heavy atom. The first kappa shape index (κ1) is 32.1. The standard InChI is InChI=1S/C18H22F12O4/c1-3-5-7-9-13(19,20)17(27,28)15(23,24)11(31)33-34-12(32)16(25,26)18(29,30)14(21,22)10-8-6-4-2/h3-10H2,1-2H3. The smallest absolute Gasteiger partial charge is 0.240 e. The molecule has 0 radical (unpaired) electrons. The number of halogens is 12. The summed E-state index contributed by atoms with van der Waals surface area (Å²) in [6.07, 6.45) is -4.81. The molecule has 0 heterocycles. The average molecular weight is 530 g/mol. The highest BCUT2D eigenvalue weighted by Crippen LogP contribution is 2.50. The van der Waals surface area contributed by atoms with Crippen molar-refractivity contribution in [3.8, 4) is 0 Å². The van der Waals surface area contributed by atoms with Crippen molar-refractivity contribution < 1.29 is 72.0 Å². The molecule has 4 nitrogen and oxygen atoms in total. The van der Waals surface area contributed by atoms with Gasteiger partial charge in [-0.2, -0.15) is 52.7 Å². The first-order valence-electron chi connectivity index (χ1n) is 9.87. The van der Waals surface area contributed by atoms with Gasteiger partial charge < -0.3 is 0 Å². The quantitative estimate of drug-likeness (QED) is 0.106. The second-order valence-corrected chi connectivity index (χ2v) is 7.36. The fourth-order valence-electron chi connectivity index (χ4n) is 2.40. The van der Waals surface area contributed by atoms with E-state index >= 15 is 0 Å². The van der Waals surface area contributed by atoms with E-state index in [1.54, 1.807) is 0 Å².